The lowest BCUT2D eigenvalue weighted by molar-refractivity contribution is -0.0101. The van der Waals surface area contributed by atoms with Crippen molar-refractivity contribution in [2.75, 3.05) is 5.75 Å². The number of carbonyl (C=O) groups excluding carboxylic acids is 2. The van der Waals surface area contributed by atoms with E-state index in [9.17, 15) is 18.0 Å². The van der Waals surface area contributed by atoms with E-state index in [-0.39, 0.29) is 16.2 Å². The maximum atomic E-state index is 11.9. The molecule has 0 aromatic heterocycles. The summed E-state index contributed by atoms with van der Waals surface area (Å²) >= 11 is 0. The number of rotatable bonds is 4. The maximum Gasteiger partial charge on any atom is 0.292 e. The zero-order valence-corrected chi connectivity index (χ0v) is 10.9. The molecule has 7 heteroatoms. The van der Waals surface area contributed by atoms with Crippen LogP contribution < -0.4 is 0 Å². The second-order valence-electron chi connectivity index (χ2n) is 4.04. The van der Waals surface area contributed by atoms with Gasteiger partial charge in [0, 0.05) is 0 Å². The minimum Gasteiger partial charge on any atom is -0.266 e. The van der Waals surface area contributed by atoms with Crippen LogP contribution in [-0.4, -0.2) is 31.0 Å². The van der Waals surface area contributed by atoms with E-state index in [4.69, 9.17) is 0 Å². The van der Waals surface area contributed by atoms with Crippen molar-refractivity contribution in [3.05, 3.63) is 47.5 Å². The molecule has 2 amide bonds. The van der Waals surface area contributed by atoms with Gasteiger partial charge < -0.3 is 0 Å². The standard InChI is InChI=1S/C12H11NO5S/c1-3-6-19(16,17)18-13-11(14)9-5-4-8(2)7-10(9)12(13)15/h3-5,7H,1,6H2,2H3. The normalized spacial score (nSPS) is 14.7. The highest BCUT2D eigenvalue weighted by atomic mass is 32.2. The number of aryl methyl sites for hydroxylation is 1. The van der Waals surface area contributed by atoms with Gasteiger partial charge in [-0.15, -0.1) is 15.9 Å². The summed E-state index contributed by atoms with van der Waals surface area (Å²) in [6.45, 7) is 5.02. The average Bonchev–Trinajstić information content (AvgIpc) is 2.54. The lowest BCUT2D eigenvalue weighted by Gasteiger charge is -2.11. The molecular weight excluding hydrogens is 270 g/mol. The minimum absolute atomic E-state index is 0.129. The number of fused-ring (bicyclic) bond motifs is 1. The zero-order valence-electron chi connectivity index (χ0n) is 10.1. The van der Waals surface area contributed by atoms with Crippen molar-refractivity contribution in [1.82, 2.24) is 5.06 Å². The molecule has 100 valence electrons. The number of nitrogens with zero attached hydrogens (tertiary/aromatic N) is 1. The lowest BCUT2D eigenvalue weighted by Crippen LogP contribution is -2.33. The summed E-state index contributed by atoms with van der Waals surface area (Å²) in [5.74, 6) is -2.05. The van der Waals surface area contributed by atoms with Crippen LogP contribution in [0.25, 0.3) is 0 Å². The molecule has 1 aromatic carbocycles. The maximum absolute atomic E-state index is 11.9. The van der Waals surface area contributed by atoms with Crippen molar-refractivity contribution in [2.24, 2.45) is 0 Å². The van der Waals surface area contributed by atoms with Crippen molar-refractivity contribution >= 4 is 21.9 Å². The van der Waals surface area contributed by atoms with E-state index in [1.165, 1.54) is 12.1 Å². The molecule has 0 saturated carbocycles. The average molecular weight is 281 g/mol. The van der Waals surface area contributed by atoms with Crippen LogP contribution in [0.4, 0.5) is 0 Å². The SMILES string of the molecule is C=CCS(=O)(=O)ON1C(=O)c2ccc(C)cc2C1=O. The van der Waals surface area contributed by atoms with E-state index in [0.717, 1.165) is 11.6 Å². The van der Waals surface area contributed by atoms with Gasteiger partial charge in [0.25, 0.3) is 21.9 Å². The first kappa shape index (κ1) is 13.4. The fourth-order valence-electron chi connectivity index (χ4n) is 1.69. The van der Waals surface area contributed by atoms with Crippen molar-refractivity contribution < 1.29 is 22.3 Å². The fraction of sp³-hybridized carbons (Fsp3) is 0.167. The molecule has 0 N–H and O–H groups in total. The Hall–Kier alpha value is -1.99. The molecular formula is C12H11NO5S. The first-order valence-electron chi connectivity index (χ1n) is 5.38. The molecule has 0 radical (unpaired) electrons. The Labute approximate surface area is 110 Å². The van der Waals surface area contributed by atoms with Crippen LogP contribution in [0.5, 0.6) is 0 Å². The summed E-state index contributed by atoms with van der Waals surface area (Å²) in [6.07, 6.45) is 1.11. The highest BCUT2D eigenvalue weighted by molar-refractivity contribution is 7.86. The molecule has 0 fully saturated rings. The summed E-state index contributed by atoms with van der Waals surface area (Å²) in [6, 6.07) is 4.64. The van der Waals surface area contributed by atoms with Gasteiger partial charge in [0.05, 0.1) is 16.9 Å². The molecule has 6 nitrogen and oxygen atoms in total. The van der Waals surface area contributed by atoms with Crippen LogP contribution >= 0.6 is 0 Å². The molecule has 0 aliphatic carbocycles. The first-order chi connectivity index (χ1) is 8.85. The molecule has 1 heterocycles. The van der Waals surface area contributed by atoms with Crippen LogP contribution in [0, 0.1) is 6.92 Å². The number of imide groups is 1. The number of hydrogen-bond acceptors (Lipinski definition) is 5. The number of hydroxylamine groups is 2. The van der Waals surface area contributed by atoms with E-state index in [2.05, 4.69) is 10.9 Å². The van der Waals surface area contributed by atoms with Gasteiger partial charge in [0.1, 0.15) is 0 Å². The predicted octanol–water partition coefficient (Wildman–Crippen LogP) is 1.04. The quantitative estimate of drug-likeness (QED) is 0.608. The minimum atomic E-state index is -4.04. The summed E-state index contributed by atoms with van der Waals surface area (Å²) in [4.78, 5) is 23.8. The molecule has 0 saturated heterocycles. The van der Waals surface area contributed by atoms with Gasteiger partial charge >= 0.3 is 0 Å². The molecule has 2 rings (SSSR count). The second kappa shape index (κ2) is 4.60. The molecule has 19 heavy (non-hydrogen) atoms. The molecule has 1 aliphatic heterocycles. The first-order valence-corrected chi connectivity index (χ1v) is 6.96. The Morgan fingerprint density at radius 3 is 2.53 bits per heavy atom. The van der Waals surface area contributed by atoms with Gasteiger partial charge in [-0.25, -0.2) is 0 Å². The van der Waals surface area contributed by atoms with Crippen molar-refractivity contribution in [3.8, 4) is 0 Å². The van der Waals surface area contributed by atoms with Gasteiger partial charge in [-0.1, -0.05) is 17.7 Å². The molecule has 1 aromatic rings. The second-order valence-corrected chi connectivity index (χ2v) is 5.64. The Kier molecular flexibility index (Phi) is 3.25. The molecule has 0 unspecified atom stereocenters. The summed E-state index contributed by atoms with van der Waals surface area (Å²) in [5.41, 5.74) is 1.05. The number of amides is 2. The number of benzene rings is 1. The van der Waals surface area contributed by atoms with E-state index in [1.54, 1.807) is 13.0 Å². The van der Waals surface area contributed by atoms with E-state index < -0.39 is 27.7 Å². The van der Waals surface area contributed by atoms with Crippen LogP contribution in [0.1, 0.15) is 26.3 Å². The highest BCUT2D eigenvalue weighted by Crippen LogP contribution is 2.25. The summed E-state index contributed by atoms with van der Waals surface area (Å²) in [5, 5.41) is 0.267. The van der Waals surface area contributed by atoms with Crippen LogP contribution in [0.3, 0.4) is 0 Å². The van der Waals surface area contributed by atoms with Crippen molar-refractivity contribution in [2.45, 2.75) is 6.92 Å². The molecule has 0 atom stereocenters. The molecule has 0 spiro atoms. The number of hydrogen-bond donors (Lipinski definition) is 0. The topological polar surface area (TPSA) is 80.8 Å². The largest absolute Gasteiger partial charge is 0.292 e. The lowest BCUT2D eigenvalue weighted by atomic mass is 10.1. The van der Waals surface area contributed by atoms with Gasteiger partial charge in [-0.2, -0.15) is 8.42 Å². The summed E-state index contributed by atoms with van der Waals surface area (Å²) < 4.78 is 27.4. The highest BCUT2D eigenvalue weighted by Gasteiger charge is 2.39. The van der Waals surface area contributed by atoms with Gasteiger partial charge in [-0.05, 0) is 19.1 Å². The van der Waals surface area contributed by atoms with Crippen molar-refractivity contribution in [1.29, 1.82) is 0 Å². The van der Waals surface area contributed by atoms with Crippen molar-refractivity contribution in [3.63, 3.8) is 0 Å². The third-order valence-corrected chi connectivity index (χ3v) is 3.54. The van der Waals surface area contributed by atoms with E-state index in [1.807, 2.05) is 0 Å². The van der Waals surface area contributed by atoms with Crippen LogP contribution in [0.2, 0.25) is 0 Å². The zero-order chi connectivity index (χ0) is 14.2. The fourth-order valence-corrected chi connectivity index (χ4v) is 2.40. The number of carbonyl (C=O) groups is 2. The van der Waals surface area contributed by atoms with Gasteiger partial charge in [-0.3, -0.25) is 9.59 Å². The Morgan fingerprint density at radius 1 is 1.26 bits per heavy atom. The van der Waals surface area contributed by atoms with Crippen LogP contribution in [-0.2, 0) is 14.4 Å². The van der Waals surface area contributed by atoms with Gasteiger partial charge in [0.2, 0.25) is 0 Å². The predicted molar refractivity (Wildman–Crippen MR) is 66.7 cm³/mol. The van der Waals surface area contributed by atoms with Crippen LogP contribution in [0.15, 0.2) is 30.9 Å². The Balaban J connectivity index is 2.35. The third kappa shape index (κ3) is 2.42. The smallest absolute Gasteiger partial charge is 0.266 e. The monoisotopic (exact) mass is 281 g/mol. The molecule has 1 aliphatic rings. The van der Waals surface area contributed by atoms with Gasteiger partial charge in [0.15, 0.2) is 0 Å². The Morgan fingerprint density at radius 2 is 1.89 bits per heavy atom. The summed E-state index contributed by atoms with van der Waals surface area (Å²) in [7, 11) is -4.04. The third-order valence-electron chi connectivity index (χ3n) is 2.51. The Bertz CT molecular complexity index is 677. The van der Waals surface area contributed by atoms with E-state index in [0.29, 0.717) is 0 Å². The van der Waals surface area contributed by atoms with E-state index >= 15 is 0 Å². The molecule has 0 bridgehead atoms.